The van der Waals surface area contributed by atoms with Crippen molar-refractivity contribution >= 4 is 15.9 Å². The van der Waals surface area contributed by atoms with Gasteiger partial charge in [0.05, 0.1) is 0 Å². The fourth-order valence-corrected chi connectivity index (χ4v) is 2.42. The lowest BCUT2D eigenvalue weighted by Crippen LogP contribution is -2.19. The minimum absolute atomic E-state index is 0.508. The SMILES string of the molecule is CC(C)CCOCCC(CN)Cc1cccc(Br)c1. The molecule has 0 radical (unpaired) electrons. The molecule has 2 N–H and O–H groups in total. The Hall–Kier alpha value is -0.380. The summed E-state index contributed by atoms with van der Waals surface area (Å²) < 4.78 is 6.81. The Morgan fingerprint density at radius 3 is 2.58 bits per heavy atom. The first-order valence-electron chi connectivity index (χ1n) is 7.14. The molecule has 0 aromatic heterocycles. The lowest BCUT2D eigenvalue weighted by molar-refractivity contribution is 0.111. The second kappa shape index (κ2) is 9.51. The number of hydrogen-bond acceptors (Lipinski definition) is 2. The van der Waals surface area contributed by atoms with Gasteiger partial charge in [0.25, 0.3) is 0 Å². The third kappa shape index (κ3) is 7.71. The van der Waals surface area contributed by atoms with Crippen molar-refractivity contribution in [2.45, 2.75) is 33.1 Å². The van der Waals surface area contributed by atoms with Crippen LogP contribution in [0.25, 0.3) is 0 Å². The molecule has 0 heterocycles. The Balaban J connectivity index is 2.26. The fraction of sp³-hybridized carbons (Fsp3) is 0.625. The van der Waals surface area contributed by atoms with E-state index in [-0.39, 0.29) is 0 Å². The molecule has 0 aliphatic rings. The zero-order valence-electron chi connectivity index (χ0n) is 12.1. The molecule has 1 rings (SSSR count). The van der Waals surface area contributed by atoms with Crippen LogP contribution in [-0.4, -0.2) is 19.8 Å². The van der Waals surface area contributed by atoms with Gasteiger partial charge in [-0.3, -0.25) is 0 Å². The van der Waals surface area contributed by atoms with Crippen LogP contribution in [0.3, 0.4) is 0 Å². The molecule has 1 aromatic rings. The summed E-state index contributed by atoms with van der Waals surface area (Å²) in [4.78, 5) is 0. The van der Waals surface area contributed by atoms with E-state index in [1.165, 1.54) is 5.56 Å². The Morgan fingerprint density at radius 2 is 1.95 bits per heavy atom. The fourth-order valence-electron chi connectivity index (χ4n) is 1.97. The van der Waals surface area contributed by atoms with E-state index in [0.29, 0.717) is 11.8 Å². The van der Waals surface area contributed by atoms with Crippen LogP contribution in [0.4, 0.5) is 0 Å². The topological polar surface area (TPSA) is 35.2 Å². The molecule has 0 saturated heterocycles. The highest BCUT2D eigenvalue weighted by Gasteiger charge is 2.08. The lowest BCUT2D eigenvalue weighted by Gasteiger charge is -2.15. The van der Waals surface area contributed by atoms with Crippen LogP contribution in [0, 0.1) is 11.8 Å². The van der Waals surface area contributed by atoms with Gasteiger partial charge >= 0.3 is 0 Å². The number of hydrogen-bond donors (Lipinski definition) is 1. The first kappa shape index (κ1) is 16.7. The van der Waals surface area contributed by atoms with Gasteiger partial charge in [-0.2, -0.15) is 0 Å². The van der Waals surface area contributed by atoms with E-state index in [4.69, 9.17) is 10.5 Å². The van der Waals surface area contributed by atoms with E-state index in [1.54, 1.807) is 0 Å². The summed E-state index contributed by atoms with van der Waals surface area (Å²) in [5.41, 5.74) is 7.19. The molecule has 0 fully saturated rings. The van der Waals surface area contributed by atoms with Crippen LogP contribution < -0.4 is 5.73 Å². The number of benzene rings is 1. The summed E-state index contributed by atoms with van der Waals surface area (Å²) >= 11 is 3.50. The predicted octanol–water partition coefficient (Wildman–Crippen LogP) is 4.02. The normalized spacial score (nSPS) is 12.9. The lowest BCUT2D eigenvalue weighted by atomic mass is 9.97. The molecular weight excluding hydrogens is 302 g/mol. The van der Waals surface area contributed by atoms with Gasteiger partial charge in [-0.05, 0) is 55.3 Å². The predicted molar refractivity (Wildman–Crippen MR) is 85.3 cm³/mol. The van der Waals surface area contributed by atoms with Crippen molar-refractivity contribution < 1.29 is 4.74 Å². The van der Waals surface area contributed by atoms with Crippen molar-refractivity contribution in [3.8, 4) is 0 Å². The van der Waals surface area contributed by atoms with Crippen LogP contribution in [0.5, 0.6) is 0 Å². The van der Waals surface area contributed by atoms with E-state index in [9.17, 15) is 0 Å². The molecule has 0 aliphatic carbocycles. The van der Waals surface area contributed by atoms with E-state index < -0.39 is 0 Å². The summed E-state index contributed by atoms with van der Waals surface area (Å²) in [5, 5.41) is 0. The van der Waals surface area contributed by atoms with E-state index in [1.807, 2.05) is 0 Å². The number of ether oxygens (including phenoxy) is 1. The van der Waals surface area contributed by atoms with Crippen LogP contribution in [0.2, 0.25) is 0 Å². The van der Waals surface area contributed by atoms with E-state index in [0.717, 1.165) is 43.5 Å². The monoisotopic (exact) mass is 327 g/mol. The van der Waals surface area contributed by atoms with Gasteiger partial charge in [0.1, 0.15) is 0 Å². The van der Waals surface area contributed by atoms with Crippen LogP contribution in [0.15, 0.2) is 28.7 Å². The third-order valence-electron chi connectivity index (χ3n) is 3.26. The maximum atomic E-state index is 5.85. The Kier molecular flexibility index (Phi) is 8.35. The van der Waals surface area contributed by atoms with Gasteiger partial charge in [-0.1, -0.05) is 41.9 Å². The first-order valence-corrected chi connectivity index (χ1v) is 7.93. The van der Waals surface area contributed by atoms with Crippen molar-refractivity contribution in [1.82, 2.24) is 0 Å². The van der Waals surface area contributed by atoms with Gasteiger partial charge in [0, 0.05) is 17.7 Å². The molecule has 108 valence electrons. The Bertz CT molecular complexity index is 354. The van der Waals surface area contributed by atoms with Crippen LogP contribution in [0.1, 0.15) is 32.3 Å². The molecule has 3 heteroatoms. The van der Waals surface area contributed by atoms with Crippen molar-refractivity contribution in [3.05, 3.63) is 34.3 Å². The maximum absolute atomic E-state index is 5.85. The molecule has 2 nitrogen and oxygen atoms in total. The van der Waals surface area contributed by atoms with E-state index in [2.05, 4.69) is 54.0 Å². The molecule has 19 heavy (non-hydrogen) atoms. The first-order chi connectivity index (χ1) is 9.11. The summed E-state index contributed by atoms with van der Waals surface area (Å²) in [6.07, 6.45) is 3.21. The van der Waals surface area contributed by atoms with Gasteiger partial charge in [0.15, 0.2) is 0 Å². The molecule has 1 atom stereocenters. The van der Waals surface area contributed by atoms with Crippen molar-refractivity contribution in [1.29, 1.82) is 0 Å². The van der Waals surface area contributed by atoms with Crippen molar-refractivity contribution in [2.24, 2.45) is 17.6 Å². The highest BCUT2D eigenvalue weighted by Crippen LogP contribution is 2.16. The second-order valence-corrected chi connectivity index (χ2v) is 6.44. The van der Waals surface area contributed by atoms with Crippen LogP contribution in [-0.2, 0) is 11.2 Å². The highest BCUT2D eigenvalue weighted by atomic mass is 79.9. The molecule has 0 amide bonds. The number of rotatable bonds is 9. The van der Waals surface area contributed by atoms with Crippen molar-refractivity contribution in [2.75, 3.05) is 19.8 Å². The summed E-state index contributed by atoms with van der Waals surface area (Å²) in [7, 11) is 0. The third-order valence-corrected chi connectivity index (χ3v) is 3.75. The Labute approximate surface area is 125 Å². The summed E-state index contributed by atoms with van der Waals surface area (Å²) in [6, 6.07) is 8.46. The number of halogens is 1. The average Bonchev–Trinajstić information content (AvgIpc) is 2.36. The quantitative estimate of drug-likeness (QED) is 0.695. The maximum Gasteiger partial charge on any atom is 0.0469 e. The molecular formula is C16H26BrNO. The minimum atomic E-state index is 0.508. The molecule has 0 aliphatic heterocycles. The molecule has 1 unspecified atom stereocenters. The highest BCUT2D eigenvalue weighted by molar-refractivity contribution is 9.10. The van der Waals surface area contributed by atoms with Gasteiger partial charge in [-0.25, -0.2) is 0 Å². The van der Waals surface area contributed by atoms with Gasteiger partial charge in [-0.15, -0.1) is 0 Å². The molecule has 0 saturated carbocycles. The minimum Gasteiger partial charge on any atom is -0.381 e. The standard InChI is InChI=1S/C16H26BrNO/c1-13(2)6-8-19-9-7-15(12-18)10-14-4-3-5-16(17)11-14/h3-5,11,13,15H,6-10,12,18H2,1-2H3. The second-order valence-electron chi connectivity index (χ2n) is 5.52. The summed E-state index contributed by atoms with van der Waals surface area (Å²) in [6.45, 7) is 6.85. The zero-order chi connectivity index (χ0) is 14.1. The van der Waals surface area contributed by atoms with Gasteiger partial charge in [0.2, 0.25) is 0 Å². The van der Waals surface area contributed by atoms with Crippen molar-refractivity contribution in [3.63, 3.8) is 0 Å². The molecule has 0 spiro atoms. The van der Waals surface area contributed by atoms with Crippen LogP contribution >= 0.6 is 15.9 Å². The molecule has 1 aromatic carbocycles. The number of nitrogens with two attached hydrogens (primary N) is 1. The van der Waals surface area contributed by atoms with E-state index >= 15 is 0 Å². The molecule has 0 bridgehead atoms. The average molecular weight is 328 g/mol. The van der Waals surface area contributed by atoms with Gasteiger partial charge < -0.3 is 10.5 Å². The summed E-state index contributed by atoms with van der Waals surface area (Å²) in [5.74, 6) is 1.22. The Morgan fingerprint density at radius 1 is 1.21 bits per heavy atom. The smallest absolute Gasteiger partial charge is 0.0469 e. The largest absolute Gasteiger partial charge is 0.381 e. The zero-order valence-corrected chi connectivity index (χ0v) is 13.7.